The van der Waals surface area contributed by atoms with Gasteiger partial charge in [-0.25, -0.2) is 18.0 Å². The van der Waals surface area contributed by atoms with Gasteiger partial charge in [0.25, 0.3) is 10.0 Å². The summed E-state index contributed by atoms with van der Waals surface area (Å²) in [4.78, 5) is 37.5. The summed E-state index contributed by atoms with van der Waals surface area (Å²) < 4.78 is 38.5. The fourth-order valence-corrected chi connectivity index (χ4v) is 5.82. The van der Waals surface area contributed by atoms with E-state index in [1.54, 1.807) is 11.0 Å². The van der Waals surface area contributed by atoms with Gasteiger partial charge in [0.1, 0.15) is 4.90 Å². The van der Waals surface area contributed by atoms with Crippen molar-refractivity contribution >= 4 is 55.2 Å². The molecule has 0 radical (unpaired) electrons. The highest BCUT2D eigenvalue weighted by Gasteiger charge is 2.32. The number of nitrogens with zero attached hydrogens (tertiary/aromatic N) is 1. The van der Waals surface area contributed by atoms with Crippen molar-refractivity contribution in [3.05, 3.63) is 51.5 Å². The van der Waals surface area contributed by atoms with Gasteiger partial charge in [-0.15, -0.1) is 0 Å². The Kier molecular flexibility index (Phi) is 6.61. The van der Waals surface area contributed by atoms with Crippen LogP contribution in [0.25, 0.3) is 0 Å². The number of sulfonamides is 1. The first kappa shape index (κ1) is 23.7. The summed E-state index contributed by atoms with van der Waals surface area (Å²) in [5.74, 6) is -1.69. The minimum atomic E-state index is -4.17. The molecule has 1 aliphatic rings. The highest BCUT2D eigenvalue weighted by molar-refractivity contribution is 9.10. The molecule has 2 aromatic carbocycles. The number of rotatable bonds is 5. The van der Waals surface area contributed by atoms with Gasteiger partial charge in [0.2, 0.25) is 5.91 Å². The molecule has 1 amide bonds. The number of amides is 1. The van der Waals surface area contributed by atoms with Crippen molar-refractivity contribution in [3.63, 3.8) is 0 Å². The summed E-state index contributed by atoms with van der Waals surface area (Å²) in [6.07, 6.45) is 0.602. The minimum absolute atomic E-state index is 0.0299. The van der Waals surface area contributed by atoms with Crippen LogP contribution in [0.15, 0.2) is 39.7 Å². The molecule has 0 aromatic heterocycles. The Morgan fingerprint density at radius 2 is 1.59 bits per heavy atom. The Hall–Kier alpha value is -2.92. The lowest BCUT2D eigenvalue weighted by atomic mass is 10.1. The summed E-state index contributed by atoms with van der Waals surface area (Å²) >= 11 is 3.30. The lowest BCUT2D eigenvalue weighted by molar-refractivity contribution is -0.116. The Morgan fingerprint density at radius 1 is 1.03 bits per heavy atom. The maximum atomic E-state index is 13.2. The number of nitrogens with one attached hydrogen (secondary N) is 1. The summed E-state index contributed by atoms with van der Waals surface area (Å²) in [6, 6.07) is 6.75. The molecule has 11 heteroatoms. The van der Waals surface area contributed by atoms with Crippen LogP contribution in [0.4, 0.5) is 11.4 Å². The molecule has 0 saturated carbocycles. The fourth-order valence-electron chi connectivity index (χ4n) is 3.67. The molecule has 0 spiro atoms. The first-order valence-electron chi connectivity index (χ1n) is 9.45. The Balaban J connectivity index is 2.06. The van der Waals surface area contributed by atoms with E-state index in [2.05, 4.69) is 30.1 Å². The molecule has 0 aliphatic carbocycles. The van der Waals surface area contributed by atoms with Gasteiger partial charge in [-0.2, -0.15) is 0 Å². The number of fused-ring (bicyclic) bond motifs is 1. The van der Waals surface area contributed by atoms with Crippen molar-refractivity contribution in [2.45, 2.75) is 31.2 Å². The van der Waals surface area contributed by atoms with E-state index in [4.69, 9.17) is 0 Å². The van der Waals surface area contributed by atoms with Crippen LogP contribution in [0.1, 0.15) is 40.1 Å². The summed E-state index contributed by atoms with van der Waals surface area (Å²) in [5.41, 5.74) is 1.28. The lowest BCUT2D eigenvalue weighted by Crippen LogP contribution is -2.33. The van der Waals surface area contributed by atoms with Crippen LogP contribution in [0.5, 0.6) is 0 Å². The van der Waals surface area contributed by atoms with Gasteiger partial charge < -0.3 is 14.4 Å². The third kappa shape index (κ3) is 4.49. The zero-order chi connectivity index (χ0) is 23.8. The minimum Gasteiger partial charge on any atom is -0.465 e. The zero-order valence-corrected chi connectivity index (χ0v) is 20.2. The summed E-state index contributed by atoms with van der Waals surface area (Å²) in [5, 5.41) is 0. The molecule has 170 valence electrons. The highest BCUT2D eigenvalue weighted by atomic mass is 79.9. The topological polar surface area (TPSA) is 119 Å². The van der Waals surface area contributed by atoms with Crippen LogP contribution in [-0.4, -0.2) is 46.5 Å². The van der Waals surface area contributed by atoms with Crippen molar-refractivity contribution in [1.82, 2.24) is 0 Å². The van der Waals surface area contributed by atoms with Gasteiger partial charge in [-0.3, -0.25) is 9.52 Å². The van der Waals surface area contributed by atoms with Crippen molar-refractivity contribution in [2.24, 2.45) is 0 Å². The highest BCUT2D eigenvalue weighted by Crippen LogP contribution is 2.38. The van der Waals surface area contributed by atoms with Crippen LogP contribution in [-0.2, 0) is 30.7 Å². The van der Waals surface area contributed by atoms with Gasteiger partial charge >= 0.3 is 11.9 Å². The molecule has 1 aliphatic heterocycles. The third-order valence-electron chi connectivity index (χ3n) is 5.00. The number of halogens is 1. The average molecular weight is 525 g/mol. The van der Waals surface area contributed by atoms with E-state index < -0.39 is 22.0 Å². The maximum Gasteiger partial charge on any atom is 0.337 e. The first-order chi connectivity index (χ1) is 15.0. The van der Waals surface area contributed by atoms with Gasteiger partial charge in [0, 0.05) is 23.1 Å². The number of hydrogen-bond acceptors (Lipinski definition) is 7. The predicted octanol–water partition coefficient (Wildman–Crippen LogP) is 3.12. The molecule has 1 atom stereocenters. The quantitative estimate of drug-likeness (QED) is 0.596. The molecular formula is C21H21BrN2O7S. The Morgan fingerprint density at radius 3 is 2.09 bits per heavy atom. The number of hydrogen-bond donors (Lipinski definition) is 1. The van der Waals surface area contributed by atoms with E-state index >= 15 is 0 Å². The van der Waals surface area contributed by atoms with Gasteiger partial charge in [-0.05, 0) is 65.2 Å². The normalized spacial score (nSPS) is 15.2. The number of anilines is 2. The number of esters is 2. The van der Waals surface area contributed by atoms with Crippen LogP contribution < -0.4 is 9.62 Å². The average Bonchev–Trinajstić information content (AvgIpc) is 3.05. The SMILES string of the molecule is COC(=O)c1cc(NS(=O)(=O)c2cc3c(cc2Br)C[C@@H](C)N3C(C)=O)cc(C(=O)OC)c1. The molecule has 0 saturated heterocycles. The smallest absolute Gasteiger partial charge is 0.337 e. The van der Waals surface area contributed by atoms with Crippen molar-refractivity contribution in [1.29, 1.82) is 0 Å². The van der Waals surface area contributed by atoms with Crippen molar-refractivity contribution in [2.75, 3.05) is 23.8 Å². The van der Waals surface area contributed by atoms with E-state index in [0.717, 1.165) is 5.56 Å². The second-order valence-corrected chi connectivity index (χ2v) is 9.75. The first-order valence-corrected chi connectivity index (χ1v) is 11.7. The molecule has 1 heterocycles. The van der Waals surface area contributed by atoms with Crippen LogP contribution in [0.2, 0.25) is 0 Å². The number of benzene rings is 2. The Labute approximate surface area is 193 Å². The van der Waals surface area contributed by atoms with Gasteiger partial charge in [0.15, 0.2) is 0 Å². The fraction of sp³-hybridized carbons (Fsp3) is 0.286. The van der Waals surface area contributed by atoms with Gasteiger partial charge in [-0.1, -0.05) is 0 Å². The molecule has 2 aromatic rings. The summed E-state index contributed by atoms with van der Waals surface area (Å²) in [6.45, 7) is 3.31. The van der Waals surface area contributed by atoms with Crippen LogP contribution in [0, 0.1) is 0 Å². The van der Waals surface area contributed by atoms with E-state index in [1.165, 1.54) is 45.4 Å². The molecule has 32 heavy (non-hydrogen) atoms. The van der Waals surface area contributed by atoms with Crippen LogP contribution >= 0.6 is 15.9 Å². The molecule has 9 nitrogen and oxygen atoms in total. The van der Waals surface area contributed by atoms with Gasteiger partial charge in [0.05, 0.1) is 31.0 Å². The monoisotopic (exact) mass is 524 g/mol. The molecule has 0 fully saturated rings. The number of carbonyl (C=O) groups excluding carboxylic acids is 3. The zero-order valence-electron chi connectivity index (χ0n) is 17.8. The van der Waals surface area contributed by atoms with E-state index in [0.29, 0.717) is 16.6 Å². The predicted molar refractivity (Wildman–Crippen MR) is 120 cm³/mol. The third-order valence-corrected chi connectivity index (χ3v) is 7.34. The number of ether oxygens (including phenoxy) is 2. The number of methoxy groups -OCH3 is 2. The van der Waals surface area contributed by atoms with E-state index in [9.17, 15) is 22.8 Å². The standard InChI is InChI=1S/C21H21BrN2O7S/c1-11-5-13-9-17(22)19(10-18(13)24(11)12(2)25)32(28,29)23-16-7-14(20(26)30-3)6-15(8-16)21(27)31-4/h6-11,23H,5H2,1-4H3/t11-/m1/s1. The van der Waals surface area contributed by atoms with E-state index in [1.807, 2.05) is 6.92 Å². The molecule has 0 unspecified atom stereocenters. The molecule has 3 rings (SSSR count). The summed E-state index contributed by atoms with van der Waals surface area (Å²) in [7, 11) is -1.84. The maximum absolute atomic E-state index is 13.2. The molecule has 1 N–H and O–H groups in total. The second kappa shape index (κ2) is 8.91. The van der Waals surface area contributed by atoms with Crippen LogP contribution in [0.3, 0.4) is 0 Å². The molecular weight excluding hydrogens is 504 g/mol. The Bertz CT molecular complexity index is 1190. The van der Waals surface area contributed by atoms with Crippen molar-refractivity contribution < 1.29 is 32.3 Å². The second-order valence-electron chi connectivity index (χ2n) is 7.24. The van der Waals surface area contributed by atoms with Crippen molar-refractivity contribution in [3.8, 4) is 0 Å². The molecule has 0 bridgehead atoms. The van der Waals surface area contributed by atoms with E-state index in [-0.39, 0.29) is 33.7 Å². The number of carbonyl (C=O) groups is 3. The largest absolute Gasteiger partial charge is 0.465 e. The lowest BCUT2D eigenvalue weighted by Gasteiger charge is -2.21.